The molecule has 2 nitrogen and oxygen atoms in total. The summed E-state index contributed by atoms with van der Waals surface area (Å²) < 4.78 is 5.31. The van der Waals surface area contributed by atoms with Gasteiger partial charge >= 0.3 is 0 Å². The summed E-state index contributed by atoms with van der Waals surface area (Å²) in [6.07, 6.45) is 6.82. The van der Waals surface area contributed by atoms with Crippen molar-refractivity contribution < 1.29 is 4.74 Å². The van der Waals surface area contributed by atoms with Crippen LogP contribution in [0.1, 0.15) is 11.1 Å². The summed E-state index contributed by atoms with van der Waals surface area (Å²) in [6, 6.07) is 8.97. The Balaban J connectivity index is 2.29. The Morgan fingerprint density at radius 2 is 1.86 bits per heavy atom. The molecule has 0 spiro atoms. The van der Waals surface area contributed by atoms with E-state index in [0.29, 0.717) is 20.8 Å². The van der Waals surface area contributed by atoms with Crippen LogP contribution >= 0.6 is 34.8 Å². The standard InChI is InChI=1S/C17H12Cl3NO/c1-3-7-22-17-14(19)8-12(9-15(17)20)10-21-16-6-4-5-13(18)11(16)2/h1,4-6,8-10H,7H2,2H3. The van der Waals surface area contributed by atoms with Crippen LogP contribution in [0.5, 0.6) is 5.75 Å². The number of halogens is 3. The predicted octanol–water partition coefficient (Wildman–Crippen LogP) is 5.72. The zero-order chi connectivity index (χ0) is 16.1. The first-order chi connectivity index (χ1) is 10.5. The number of hydrogen-bond acceptors (Lipinski definition) is 2. The maximum absolute atomic E-state index is 6.15. The molecule has 2 aromatic rings. The van der Waals surface area contributed by atoms with Crippen molar-refractivity contribution in [2.75, 3.05) is 6.61 Å². The van der Waals surface area contributed by atoms with Crippen LogP contribution in [0.2, 0.25) is 15.1 Å². The highest BCUT2D eigenvalue weighted by Gasteiger charge is 2.09. The van der Waals surface area contributed by atoms with Gasteiger partial charge in [0.1, 0.15) is 6.61 Å². The van der Waals surface area contributed by atoms with Crippen molar-refractivity contribution in [1.82, 2.24) is 0 Å². The summed E-state index contributed by atoms with van der Waals surface area (Å²) in [5, 5.41) is 1.43. The van der Waals surface area contributed by atoms with Crippen molar-refractivity contribution in [1.29, 1.82) is 0 Å². The summed E-state index contributed by atoms with van der Waals surface area (Å²) in [4.78, 5) is 4.41. The topological polar surface area (TPSA) is 21.6 Å². The van der Waals surface area contributed by atoms with E-state index in [1.807, 2.05) is 25.1 Å². The molecule has 0 N–H and O–H groups in total. The summed E-state index contributed by atoms with van der Waals surface area (Å²) in [5.74, 6) is 2.74. The molecule has 0 radical (unpaired) electrons. The average Bonchev–Trinajstić information content (AvgIpc) is 2.48. The lowest BCUT2D eigenvalue weighted by atomic mass is 10.2. The van der Waals surface area contributed by atoms with E-state index >= 15 is 0 Å². The number of aliphatic imine (C=N–C) groups is 1. The molecular weight excluding hydrogens is 341 g/mol. The molecule has 0 amide bonds. The van der Waals surface area contributed by atoms with Crippen molar-refractivity contribution in [2.24, 2.45) is 4.99 Å². The minimum Gasteiger partial charge on any atom is -0.478 e. The maximum Gasteiger partial charge on any atom is 0.157 e. The highest BCUT2D eigenvalue weighted by atomic mass is 35.5. The van der Waals surface area contributed by atoms with Crippen molar-refractivity contribution in [3.8, 4) is 18.1 Å². The molecule has 0 aliphatic heterocycles. The van der Waals surface area contributed by atoms with Crippen LogP contribution in [0, 0.1) is 19.3 Å². The van der Waals surface area contributed by atoms with Gasteiger partial charge in [0.15, 0.2) is 5.75 Å². The van der Waals surface area contributed by atoms with Gasteiger partial charge in [-0.2, -0.15) is 0 Å². The normalized spacial score (nSPS) is 10.7. The third kappa shape index (κ3) is 3.96. The van der Waals surface area contributed by atoms with E-state index in [-0.39, 0.29) is 6.61 Å². The number of benzene rings is 2. The lowest BCUT2D eigenvalue weighted by molar-refractivity contribution is 0.371. The first-order valence-corrected chi connectivity index (χ1v) is 7.51. The highest BCUT2D eigenvalue weighted by molar-refractivity contribution is 6.37. The molecule has 0 saturated heterocycles. The fraction of sp³-hybridized carbons (Fsp3) is 0.118. The highest BCUT2D eigenvalue weighted by Crippen LogP contribution is 2.34. The molecule has 5 heteroatoms. The Kier molecular flexibility index (Phi) is 5.74. The Labute approximate surface area is 144 Å². The molecule has 0 heterocycles. The third-order valence-electron chi connectivity index (χ3n) is 2.91. The fourth-order valence-corrected chi connectivity index (χ4v) is 2.57. The van der Waals surface area contributed by atoms with Crippen molar-refractivity contribution >= 4 is 46.7 Å². The molecule has 0 bridgehead atoms. The van der Waals surface area contributed by atoms with Crippen LogP contribution in [0.3, 0.4) is 0 Å². The summed E-state index contributed by atoms with van der Waals surface area (Å²) in [5.41, 5.74) is 2.45. The largest absolute Gasteiger partial charge is 0.478 e. The first kappa shape index (κ1) is 16.7. The van der Waals surface area contributed by atoms with Gasteiger partial charge in [-0.05, 0) is 42.3 Å². The van der Waals surface area contributed by atoms with Gasteiger partial charge in [-0.15, -0.1) is 6.42 Å². The van der Waals surface area contributed by atoms with Gasteiger partial charge in [-0.25, -0.2) is 0 Å². The van der Waals surface area contributed by atoms with Crippen LogP contribution in [0.4, 0.5) is 5.69 Å². The number of hydrogen-bond donors (Lipinski definition) is 0. The third-order valence-corrected chi connectivity index (χ3v) is 3.88. The molecule has 22 heavy (non-hydrogen) atoms. The second-order valence-electron chi connectivity index (χ2n) is 4.45. The first-order valence-electron chi connectivity index (χ1n) is 6.37. The quantitative estimate of drug-likeness (QED) is 0.509. The van der Waals surface area contributed by atoms with Gasteiger partial charge in [0.25, 0.3) is 0 Å². The van der Waals surface area contributed by atoms with E-state index in [4.69, 9.17) is 46.0 Å². The maximum atomic E-state index is 6.15. The SMILES string of the molecule is C#CCOc1c(Cl)cc(C=Nc2cccc(Cl)c2C)cc1Cl. The van der Waals surface area contributed by atoms with Crippen LogP contribution in [0.25, 0.3) is 0 Å². The molecule has 2 aromatic carbocycles. The second kappa shape index (κ2) is 7.56. The lowest BCUT2D eigenvalue weighted by Crippen LogP contribution is -1.96. The van der Waals surface area contributed by atoms with E-state index < -0.39 is 0 Å². The van der Waals surface area contributed by atoms with Crippen LogP contribution in [-0.2, 0) is 0 Å². The van der Waals surface area contributed by atoms with E-state index in [0.717, 1.165) is 16.8 Å². The molecule has 112 valence electrons. The summed E-state index contributed by atoms with van der Waals surface area (Å²) >= 11 is 18.4. The molecule has 2 rings (SSSR count). The van der Waals surface area contributed by atoms with Crippen LogP contribution < -0.4 is 4.74 Å². The molecular formula is C17H12Cl3NO. The number of ether oxygens (including phenoxy) is 1. The molecule has 0 aliphatic rings. The average molecular weight is 353 g/mol. The van der Waals surface area contributed by atoms with E-state index in [1.165, 1.54) is 0 Å². The number of rotatable bonds is 4. The molecule has 0 fully saturated rings. The van der Waals surface area contributed by atoms with Gasteiger partial charge in [0.05, 0.1) is 15.7 Å². The van der Waals surface area contributed by atoms with E-state index in [9.17, 15) is 0 Å². The minimum atomic E-state index is 0.106. The summed E-state index contributed by atoms with van der Waals surface area (Å²) in [6.45, 7) is 2.01. The molecule has 0 saturated carbocycles. The van der Waals surface area contributed by atoms with Crippen molar-refractivity contribution in [3.63, 3.8) is 0 Å². The number of nitrogens with zero attached hydrogens (tertiary/aromatic N) is 1. The predicted molar refractivity (Wildman–Crippen MR) is 94.2 cm³/mol. The lowest BCUT2D eigenvalue weighted by Gasteiger charge is -2.08. The monoisotopic (exact) mass is 351 g/mol. The van der Waals surface area contributed by atoms with Gasteiger partial charge in [0.2, 0.25) is 0 Å². The molecule has 0 unspecified atom stereocenters. The number of terminal acetylenes is 1. The minimum absolute atomic E-state index is 0.106. The Hall–Kier alpha value is -1.66. The van der Waals surface area contributed by atoms with E-state index in [1.54, 1.807) is 18.3 Å². The van der Waals surface area contributed by atoms with Gasteiger partial charge in [-0.3, -0.25) is 4.99 Å². The van der Waals surface area contributed by atoms with Gasteiger partial charge in [0, 0.05) is 11.2 Å². The smallest absolute Gasteiger partial charge is 0.157 e. The Bertz CT molecular complexity index is 740. The second-order valence-corrected chi connectivity index (χ2v) is 5.67. The Morgan fingerprint density at radius 1 is 1.18 bits per heavy atom. The zero-order valence-corrected chi connectivity index (χ0v) is 14.0. The van der Waals surface area contributed by atoms with E-state index in [2.05, 4.69) is 10.9 Å². The fourth-order valence-electron chi connectivity index (χ4n) is 1.79. The van der Waals surface area contributed by atoms with Gasteiger partial charge in [-0.1, -0.05) is 46.8 Å². The van der Waals surface area contributed by atoms with Gasteiger partial charge < -0.3 is 4.74 Å². The molecule has 0 aromatic heterocycles. The Morgan fingerprint density at radius 3 is 2.50 bits per heavy atom. The van der Waals surface area contributed by atoms with Crippen LogP contribution in [0.15, 0.2) is 35.3 Å². The summed E-state index contributed by atoms with van der Waals surface area (Å²) in [7, 11) is 0. The zero-order valence-electron chi connectivity index (χ0n) is 11.7. The molecule has 0 atom stereocenters. The molecule has 0 aliphatic carbocycles. The van der Waals surface area contributed by atoms with Crippen molar-refractivity contribution in [2.45, 2.75) is 6.92 Å². The van der Waals surface area contributed by atoms with Crippen LogP contribution in [-0.4, -0.2) is 12.8 Å². The van der Waals surface area contributed by atoms with Crippen molar-refractivity contribution in [3.05, 3.63) is 56.5 Å².